The second-order valence-corrected chi connectivity index (χ2v) is 15.5. The Morgan fingerprint density at radius 3 is 1.31 bits per heavy atom. The van der Waals surface area contributed by atoms with Gasteiger partial charge in [0.1, 0.15) is 22.6 Å². The van der Waals surface area contributed by atoms with Crippen LogP contribution < -0.4 is 9.47 Å². The molecule has 12 heteroatoms. The summed E-state index contributed by atoms with van der Waals surface area (Å²) in [7, 11) is 3.28. The molecule has 2 heterocycles. The van der Waals surface area contributed by atoms with Crippen LogP contribution in [0.4, 0.5) is 0 Å². The number of methoxy groups -OCH3 is 2. The Morgan fingerprint density at radius 2 is 0.912 bits per heavy atom. The summed E-state index contributed by atoms with van der Waals surface area (Å²) in [5.41, 5.74) is 9.57. The molecule has 0 aromatic heterocycles. The lowest BCUT2D eigenvalue weighted by atomic mass is 9.92. The number of cyclic esters (lactones) is 2. The van der Waals surface area contributed by atoms with E-state index in [1.54, 1.807) is 14.2 Å². The number of ether oxygens (including phenoxy) is 6. The van der Waals surface area contributed by atoms with Gasteiger partial charge in [-0.15, -0.1) is 0 Å². The Morgan fingerprint density at radius 1 is 0.515 bits per heavy atom. The van der Waals surface area contributed by atoms with Gasteiger partial charge in [-0.2, -0.15) is 0 Å². The minimum Gasteiger partial charge on any atom is -0.507 e. The highest BCUT2D eigenvalue weighted by Gasteiger charge is 2.40. The molecular formula is C56H52O12. The van der Waals surface area contributed by atoms with Crippen LogP contribution in [-0.4, -0.2) is 49.2 Å². The van der Waals surface area contributed by atoms with Crippen molar-refractivity contribution in [1.29, 1.82) is 0 Å². The van der Waals surface area contributed by atoms with E-state index in [1.165, 1.54) is 20.8 Å². The quantitative estimate of drug-likeness (QED) is 0.0745. The average molecular weight is 917 g/mol. The van der Waals surface area contributed by atoms with Crippen LogP contribution in [0.25, 0.3) is 33.4 Å². The zero-order valence-corrected chi connectivity index (χ0v) is 38.9. The summed E-state index contributed by atoms with van der Waals surface area (Å²) in [6, 6.07) is 46.0. The summed E-state index contributed by atoms with van der Waals surface area (Å²) in [6.07, 6.45) is -0.1000. The molecule has 2 aliphatic heterocycles. The molecule has 348 valence electrons. The van der Waals surface area contributed by atoms with E-state index in [9.17, 15) is 29.1 Å². The Kier molecular flexibility index (Phi) is 16.5. The first-order valence-corrected chi connectivity index (χ1v) is 21.9. The average Bonchev–Trinajstić information content (AvgIpc) is 3.83. The SMILES string of the molecule is CC(=O)OC(C)=O.CCc1cc(-c2ccc(OC)cc2)ccc1C1=C(O)C(c2ccccc2)OC1=O.CCc1cc(-c2ccc(OC)cc2)ccc1C1=C(OC(C)=O)C(c2ccccc2)OC1=O. The molecule has 0 amide bonds. The highest BCUT2D eigenvalue weighted by molar-refractivity contribution is 6.20. The molecule has 2 aliphatic rings. The molecule has 0 saturated carbocycles. The molecule has 0 fully saturated rings. The number of benzene rings is 6. The molecule has 0 saturated heterocycles. The fourth-order valence-electron chi connectivity index (χ4n) is 7.75. The topological polar surface area (TPSA) is 161 Å². The number of aryl methyl sites for hydroxylation is 2. The van der Waals surface area contributed by atoms with E-state index in [0.717, 1.165) is 62.4 Å². The molecule has 2 unspecified atom stereocenters. The van der Waals surface area contributed by atoms with Crippen molar-refractivity contribution in [3.05, 3.63) is 190 Å². The minimum atomic E-state index is -0.760. The second kappa shape index (κ2) is 22.8. The van der Waals surface area contributed by atoms with Gasteiger partial charge in [-0.05, 0) is 81.6 Å². The molecular weight excluding hydrogens is 865 g/mol. The first-order chi connectivity index (χ1) is 32.8. The van der Waals surface area contributed by atoms with Gasteiger partial charge in [-0.1, -0.05) is 135 Å². The standard InChI is InChI=1S/C27H24O5.C25H22O4.C4H6O3/c1-4-18-16-21(19-10-13-22(30-3)14-11-19)12-15-23(18)24-26(31-17(2)28)25(32-27(24)29)20-8-6-5-7-9-20;1-3-16-15-19(17-9-12-20(28-2)13-10-17)11-14-21(16)22-23(26)24(29-25(22)27)18-7-5-4-6-8-18;1-3(5)7-4(2)6/h5-16,25H,4H2,1-3H3;4-15,24,26H,3H2,1-2H3;1-2H3. The zero-order chi connectivity index (χ0) is 48.9. The Bertz CT molecular complexity index is 2830. The van der Waals surface area contributed by atoms with Gasteiger partial charge < -0.3 is 33.5 Å². The van der Waals surface area contributed by atoms with E-state index < -0.39 is 42.1 Å². The van der Waals surface area contributed by atoms with Gasteiger partial charge in [0.15, 0.2) is 23.7 Å². The monoisotopic (exact) mass is 916 g/mol. The van der Waals surface area contributed by atoms with Crippen molar-refractivity contribution in [2.24, 2.45) is 0 Å². The molecule has 68 heavy (non-hydrogen) atoms. The first-order valence-electron chi connectivity index (χ1n) is 21.9. The van der Waals surface area contributed by atoms with Gasteiger partial charge in [-0.25, -0.2) is 9.59 Å². The van der Waals surface area contributed by atoms with Gasteiger partial charge >= 0.3 is 29.8 Å². The van der Waals surface area contributed by atoms with Crippen LogP contribution in [0.3, 0.4) is 0 Å². The fourth-order valence-corrected chi connectivity index (χ4v) is 7.75. The molecule has 1 N–H and O–H groups in total. The van der Waals surface area contributed by atoms with Crippen LogP contribution in [0.2, 0.25) is 0 Å². The van der Waals surface area contributed by atoms with Gasteiger partial charge in [0, 0.05) is 31.9 Å². The first kappa shape index (κ1) is 49.2. The highest BCUT2D eigenvalue weighted by atomic mass is 16.6. The number of hydrogen-bond donors (Lipinski definition) is 1. The van der Waals surface area contributed by atoms with Crippen LogP contribution in [0.15, 0.2) is 157 Å². The normalized spacial score (nSPS) is 14.9. The van der Waals surface area contributed by atoms with E-state index in [4.69, 9.17) is 23.7 Å². The molecule has 0 bridgehead atoms. The maximum atomic E-state index is 13.0. The van der Waals surface area contributed by atoms with E-state index in [-0.39, 0.29) is 17.1 Å². The largest absolute Gasteiger partial charge is 0.507 e. The van der Waals surface area contributed by atoms with E-state index in [2.05, 4.69) is 16.9 Å². The van der Waals surface area contributed by atoms with Crippen LogP contribution in [0, 0.1) is 0 Å². The summed E-state index contributed by atoms with van der Waals surface area (Å²) >= 11 is 0. The number of esters is 5. The van der Waals surface area contributed by atoms with Crippen LogP contribution in [0.1, 0.15) is 80.2 Å². The van der Waals surface area contributed by atoms with Gasteiger partial charge in [-0.3, -0.25) is 14.4 Å². The third kappa shape index (κ3) is 11.8. The third-order valence-electron chi connectivity index (χ3n) is 11.0. The van der Waals surface area contributed by atoms with Crippen molar-refractivity contribution in [1.82, 2.24) is 0 Å². The predicted octanol–water partition coefficient (Wildman–Crippen LogP) is 11.1. The second-order valence-electron chi connectivity index (χ2n) is 15.5. The number of carbonyl (C=O) groups excluding carboxylic acids is 5. The van der Waals surface area contributed by atoms with Crippen molar-refractivity contribution in [2.45, 2.75) is 59.7 Å². The van der Waals surface area contributed by atoms with E-state index in [0.29, 0.717) is 23.1 Å². The summed E-state index contributed by atoms with van der Waals surface area (Å²) in [5, 5.41) is 10.8. The van der Waals surface area contributed by atoms with Gasteiger partial charge in [0.2, 0.25) is 0 Å². The summed E-state index contributed by atoms with van der Waals surface area (Å²) < 4.78 is 31.1. The molecule has 0 spiro atoms. The van der Waals surface area contributed by atoms with Crippen LogP contribution in [0.5, 0.6) is 11.5 Å². The zero-order valence-electron chi connectivity index (χ0n) is 38.9. The lowest BCUT2D eigenvalue weighted by Gasteiger charge is -2.14. The van der Waals surface area contributed by atoms with E-state index in [1.807, 2.05) is 147 Å². The van der Waals surface area contributed by atoms with Crippen molar-refractivity contribution in [3.8, 4) is 33.8 Å². The molecule has 0 aliphatic carbocycles. The van der Waals surface area contributed by atoms with Crippen LogP contribution >= 0.6 is 0 Å². The molecule has 8 rings (SSSR count). The van der Waals surface area contributed by atoms with Gasteiger partial charge in [0.25, 0.3) is 0 Å². The Labute approximate surface area is 395 Å². The highest BCUT2D eigenvalue weighted by Crippen LogP contribution is 2.43. The summed E-state index contributed by atoms with van der Waals surface area (Å²) in [6.45, 7) is 7.74. The molecule has 0 radical (unpaired) electrons. The molecule has 6 aromatic rings. The Balaban J connectivity index is 0.000000197. The summed E-state index contributed by atoms with van der Waals surface area (Å²) in [5.74, 6) is -0.821. The number of carbonyl (C=O) groups is 5. The summed E-state index contributed by atoms with van der Waals surface area (Å²) in [4.78, 5) is 57.1. The fraction of sp³-hybridized carbons (Fsp3) is 0.196. The minimum absolute atomic E-state index is 0.0342. The van der Waals surface area contributed by atoms with Gasteiger partial charge in [0.05, 0.1) is 14.2 Å². The van der Waals surface area contributed by atoms with Crippen molar-refractivity contribution in [2.75, 3.05) is 14.2 Å². The van der Waals surface area contributed by atoms with Crippen molar-refractivity contribution >= 4 is 41.0 Å². The molecule has 6 aromatic carbocycles. The number of hydrogen-bond acceptors (Lipinski definition) is 12. The lowest BCUT2D eigenvalue weighted by molar-refractivity contribution is -0.156. The third-order valence-corrected chi connectivity index (χ3v) is 11.0. The lowest BCUT2D eigenvalue weighted by Crippen LogP contribution is -2.07. The Hall–Kier alpha value is -8.25. The van der Waals surface area contributed by atoms with Crippen LogP contribution in [-0.2, 0) is 55.8 Å². The smallest absolute Gasteiger partial charge is 0.343 e. The maximum absolute atomic E-state index is 13.0. The van der Waals surface area contributed by atoms with Crippen molar-refractivity contribution in [3.63, 3.8) is 0 Å². The number of aliphatic hydroxyl groups is 1. The maximum Gasteiger partial charge on any atom is 0.343 e. The molecule has 2 atom stereocenters. The van der Waals surface area contributed by atoms with Crippen molar-refractivity contribution < 1.29 is 57.5 Å². The number of rotatable bonds is 11. The number of aliphatic hydroxyl groups excluding tert-OH is 1. The molecule has 12 nitrogen and oxygen atoms in total. The predicted molar refractivity (Wildman–Crippen MR) is 257 cm³/mol. The van der Waals surface area contributed by atoms with E-state index >= 15 is 0 Å².